The Morgan fingerprint density at radius 2 is 1.13 bits per heavy atom. The molecular weight excluding hydrogens is 312 g/mol. The number of benzene rings is 2. The fourth-order valence-electron chi connectivity index (χ4n) is 2.26. The van der Waals surface area contributed by atoms with Crippen molar-refractivity contribution in [3.05, 3.63) is 59.7 Å². The molecule has 0 N–H and O–H groups in total. The maximum Gasteiger partial charge on any atom is 0.249 e. The minimum absolute atomic E-state index is 0.210. The maximum absolute atomic E-state index is 11.1. The van der Waals surface area contributed by atoms with Crippen LogP contribution in [0.2, 0.25) is 0 Å². The van der Waals surface area contributed by atoms with E-state index in [1.54, 1.807) is 14.2 Å². The lowest BCUT2D eigenvalue weighted by atomic mass is 10.00. The average Bonchev–Trinajstić information content (AvgIpc) is 3.06. The summed E-state index contributed by atoms with van der Waals surface area (Å²) in [4.78, 5) is 8.68. The molecule has 0 radical (unpaired) electrons. The third-order valence-electron chi connectivity index (χ3n) is 3.44. The molecule has 5 nitrogen and oxygen atoms in total. The van der Waals surface area contributed by atoms with Gasteiger partial charge >= 0.3 is 0 Å². The van der Waals surface area contributed by atoms with E-state index in [2.05, 4.69) is 9.98 Å². The highest BCUT2D eigenvalue weighted by atomic mass is 32.1. The number of aliphatic imine (C=N–C) groups is 2. The van der Waals surface area contributed by atoms with Crippen molar-refractivity contribution in [1.82, 2.24) is 0 Å². The van der Waals surface area contributed by atoms with Crippen LogP contribution in [0.1, 0.15) is 11.1 Å². The third-order valence-corrected chi connectivity index (χ3v) is 3.77. The molecule has 0 saturated carbocycles. The lowest BCUT2D eigenvalue weighted by Crippen LogP contribution is -2.13. The van der Waals surface area contributed by atoms with Crippen molar-refractivity contribution >= 4 is 27.8 Å². The summed E-state index contributed by atoms with van der Waals surface area (Å²) in [5.74, 6) is 1.52. The predicted molar refractivity (Wildman–Crippen MR) is 92.2 cm³/mol. The van der Waals surface area contributed by atoms with Crippen molar-refractivity contribution in [3.8, 4) is 11.5 Å². The monoisotopic (exact) mass is 326 g/mol. The first-order valence-corrected chi connectivity index (χ1v) is 7.62. The van der Waals surface area contributed by atoms with Gasteiger partial charge in [-0.25, -0.2) is 14.2 Å². The third kappa shape index (κ3) is 3.07. The van der Waals surface area contributed by atoms with Gasteiger partial charge in [-0.15, -0.1) is 0 Å². The Morgan fingerprint density at radius 1 is 0.739 bits per heavy atom. The molecule has 116 valence electrons. The van der Waals surface area contributed by atoms with Crippen molar-refractivity contribution in [2.24, 2.45) is 9.98 Å². The molecule has 2 aromatic carbocycles. The van der Waals surface area contributed by atoms with Crippen LogP contribution in [0.25, 0.3) is 0 Å². The van der Waals surface area contributed by atoms with Crippen LogP contribution in [0.15, 0.2) is 58.5 Å². The Kier molecular flexibility index (Phi) is 4.34. The summed E-state index contributed by atoms with van der Waals surface area (Å²) in [5.41, 5.74) is 3.11. The van der Waals surface area contributed by atoms with E-state index in [-0.39, 0.29) is 16.4 Å². The van der Waals surface area contributed by atoms with Gasteiger partial charge in [-0.1, -0.05) is 0 Å². The molecule has 0 aromatic heterocycles. The van der Waals surface area contributed by atoms with Gasteiger partial charge in [0.05, 0.1) is 14.2 Å². The van der Waals surface area contributed by atoms with Crippen LogP contribution in [0.5, 0.6) is 11.5 Å². The van der Waals surface area contributed by atoms with E-state index in [1.165, 1.54) is 0 Å². The van der Waals surface area contributed by atoms with Gasteiger partial charge in [-0.2, -0.15) is 0 Å². The van der Waals surface area contributed by atoms with Crippen LogP contribution in [-0.4, -0.2) is 35.0 Å². The molecule has 0 atom stereocenters. The van der Waals surface area contributed by atoms with Gasteiger partial charge in [0.15, 0.2) is 0 Å². The van der Waals surface area contributed by atoms with Gasteiger partial charge in [0.25, 0.3) is 0 Å². The Balaban J connectivity index is 2.02. The zero-order chi connectivity index (χ0) is 16.2. The number of hydrogen-bond acceptors (Lipinski definition) is 3. The summed E-state index contributed by atoms with van der Waals surface area (Å²) >= 11 is 0.287. The second-order valence-electron chi connectivity index (χ2n) is 4.74. The smallest absolute Gasteiger partial charge is 0.249 e. The van der Waals surface area contributed by atoms with E-state index in [1.807, 2.05) is 48.5 Å². The molecule has 0 fully saturated rings. The fourth-order valence-corrected chi connectivity index (χ4v) is 2.52. The molecule has 0 bridgehead atoms. The standard InChI is InChI=1S/C17H14N2O3S/c1-21-13-7-3-11(4-8-13)15-16(19-17(18-15)23-20)12-5-9-14(22-2)10-6-12/h3-10H,1-2H3. The molecule has 0 saturated heterocycles. The van der Waals surface area contributed by atoms with E-state index >= 15 is 0 Å². The number of rotatable bonds is 4. The van der Waals surface area contributed by atoms with Crippen LogP contribution in [0, 0.1) is 0 Å². The van der Waals surface area contributed by atoms with E-state index in [0.717, 1.165) is 22.6 Å². The van der Waals surface area contributed by atoms with Crippen LogP contribution >= 0.6 is 0 Å². The molecule has 1 heterocycles. The van der Waals surface area contributed by atoms with E-state index < -0.39 is 0 Å². The molecule has 0 spiro atoms. The molecule has 6 heteroatoms. The zero-order valence-corrected chi connectivity index (χ0v) is 13.5. The highest BCUT2D eigenvalue weighted by Gasteiger charge is 2.21. The first-order chi connectivity index (χ1) is 11.2. The molecule has 0 unspecified atom stereocenters. The Bertz CT molecular complexity index is 768. The topological polar surface area (TPSA) is 60.2 Å². The Hall–Kier alpha value is -2.73. The summed E-state index contributed by atoms with van der Waals surface area (Å²) in [5, 5.41) is 0.210. The SMILES string of the molecule is COc1ccc(C2=NC(=S=O)N=C2c2ccc(OC)cc2)cc1. The van der Waals surface area contributed by atoms with Gasteiger partial charge in [-0.3, -0.25) is 0 Å². The quantitative estimate of drug-likeness (QED) is 0.810. The van der Waals surface area contributed by atoms with Crippen molar-refractivity contribution in [1.29, 1.82) is 0 Å². The highest BCUT2D eigenvalue weighted by molar-refractivity contribution is 7.66. The summed E-state index contributed by atoms with van der Waals surface area (Å²) in [6.45, 7) is 0. The number of methoxy groups -OCH3 is 2. The van der Waals surface area contributed by atoms with Gasteiger partial charge in [0.2, 0.25) is 5.11 Å². The van der Waals surface area contributed by atoms with Crippen molar-refractivity contribution in [3.63, 3.8) is 0 Å². The van der Waals surface area contributed by atoms with Crippen molar-refractivity contribution < 1.29 is 13.7 Å². The van der Waals surface area contributed by atoms with Crippen LogP contribution in [-0.2, 0) is 11.3 Å². The zero-order valence-electron chi connectivity index (χ0n) is 12.6. The first kappa shape index (κ1) is 15.2. The van der Waals surface area contributed by atoms with E-state index in [4.69, 9.17) is 9.47 Å². The molecule has 23 heavy (non-hydrogen) atoms. The summed E-state index contributed by atoms with van der Waals surface area (Å²) in [7, 11) is 3.23. The summed E-state index contributed by atoms with van der Waals surface area (Å²) < 4.78 is 21.4. The molecule has 2 aromatic rings. The minimum atomic E-state index is 0.210. The lowest BCUT2D eigenvalue weighted by Gasteiger charge is -2.07. The lowest BCUT2D eigenvalue weighted by molar-refractivity contribution is 0.414. The van der Waals surface area contributed by atoms with Crippen LogP contribution < -0.4 is 9.47 Å². The largest absolute Gasteiger partial charge is 0.497 e. The average molecular weight is 326 g/mol. The maximum atomic E-state index is 11.1. The highest BCUT2D eigenvalue weighted by Crippen LogP contribution is 2.20. The van der Waals surface area contributed by atoms with Crippen molar-refractivity contribution in [2.75, 3.05) is 14.2 Å². The van der Waals surface area contributed by atoms with Crippen LogP contribution in [0.3, 0.4) is 0 Å². The molecule has 3 rings (SSSR count). The van der Waals surface area contributed by atoms with Gasteiger partial charge in [-0.05, 0) is 48.5 Å². The predicted octanol–water partition coefficient (Wildman–Crippen LogP) is 2.30. The molecule has 0 amide bonds. The molecule has 0 aliphatic carbocycles. The van der Waals surface area contributed by atoms with Crippen LogP contribution in [0.4, 0.5) is 0 Å². The number of ether oxygens (including phenoxy) is 2. The fraction of sp³-hybridized carbons (Fsp3) is 0.118. The van der Waals surface area contributed by atoms with E-state index in [9.17, 15) is 4.21 Å². The molecular formula is C17H14N2O3S. The van der Waals surface area contributed by atoms with Gasteiger partial charge in [0, 0.05) is 11.1 Å². The van der Waals surface area contributed by atoms with Crippen molar-refractivity contribution in [2.45, 2.75) is 0 Å². The van der Waals surface area contributed by atoms with E-state index in [0.29, 0.717) is 11.4 Å². The molecule has 1 aliphatic heterocycles. The summed E-state index contributed by atoms with van der Waals surface area (Å²) in [6, 6.07) is 15.0. The van der Waals surface area contributed by atoms with Gasteiger partial charge < -0.3 is 9.47 Å². The molecule has 1 aliphatic rings. The Labute approximate surface area is 137 Å². The number of hydrogen-bond donors (Lipinski definition) is 0. The second-order valence-corrected chi connectivity index (χ2v) is 5.28. The number of nitrogens with zero attached hydrogens (tertiary/aromatic N) is 2. The second kappa shape index (κ2) is 6.58. The Morgan fingerprint density at radius 3 is 1.43 bits per heavy atom. The first-order valence-electron chi connectivity index (χ1n) is 6.88. The normalized spacial score (nSPS) is 13.4. The summed E-state index contributed by atoms with van der Waals surface area (Å²) in [6.07, 6.45) is 0. The van der Waals surface area contributed by atoms with Gasteiger partial charge in [0.1, 0.15) is 34.2 Å². The minimum Gasteiger partial charge on any atom is -0.497 e.